The molecule has 0 saturated carbocycles. The van der Waals surface area contributed by atoms with Gasteiger partial charge >= 0.3 is 11.9 Å². The zero-order chi connectivity index (χ0) is 18.4. The van der Waals surface area contributed by atoms with Gasteiger partial charge in [0.05, 0.1) is 24.9 Å². The Kier molecular flexibility index (Phi) is 6.83. The fourth-order valence-corrected chi connectivity index (χ4v) is 3.72. The maximum Gasteiger partial charge on any atom is 0.320 e. The Bertz CT molecular complexity index is 735. The number of rotatable bonds is 8. The molecule has 8 heteroatoms. The van der Waals surface area contributed by atoms with Crippen molar-refractivity contribution < 1.29 is 23.9 Å². The summed E-state index contributed by atoms with van der Waals surface area (Å²) >= 11 is 2.95. The highest BCUT2D eigenvalue weighted by Gasteiger charge is 2.29. The van der Waals surface area contributed by atoms with Gasteiger partial charge in [0, 0.05) is 17.5 Å². The Balaban J connectivity index is 2.26. The summed E-state index contributed by atoms with van der Waals surface area (Å²) in [5.74, 6) is -2.39. The molecule has 2 aromatic rings. The van der Waals surface area contributed by atoms with Crippen LogP contribution in [0.15, 0.2) is 34.0 Å². The normalized spacial score (nSPS) is 10.7. The number of thioether (sulfide) groups is 1. The summed E-state index contributed by atoms with van der Waals surface area (Å²) in [4.78, 5) is 36.3. The molecule has 2 rings (SSSR count). The van der Waals surface area contributed by atoms with Gasteiger partial charge in [0.1, 0.15) is 0 Å². The van der Waals surface area contributed by atoms with Crippen LogP contribution in [-0.4, -0.2) is 42.8 Å². The molecule has 0 aromatic carbocycles. The van der Waals surface area contributed by atoms with Gasteiger partial charge in [-0.1, -0.05) is 0 Å². The number of carbonyl (C=O) groups is 3. The number of nitrogens with zero attached hydrogens (tertiary/aromatic N) is 1. The summed E-state index contributed by atoms with van der Waals surface area (Å²) in [5, 5.41) is 4.53. The third-order valence-corrected chi connectivity index (χ3v) is 5.24. The average Bonchev–Trinajstić information content (AvgIpc) is 3.30. The lowest BCUT2D eigenvalue weighted by Crippen LogP contribution is -2.28. The molecule has 0 fully saturated rings. The molecule has 0 radical (unpaired) electrons. The van der Waals surface area contributed by atoms with E-state index in [1.54, 1.807) is 17.5 Å². The summed E-state index contributed by atoms with van der Waals surface area (Å²) < 4.78 is 11.2. The number of aromatic nitrogens is 1. The first-order valence-corrected chi connectivity index (χ1v) is 9.66. The van der Waals surface area contributed by atoms with E-state index in [2.05, 4.69) is 9.47 Å². The van der Waals surface area contributed by atoms with E-state index in [1.165, 1.54) is 37.3 Å². The quantitative estimate of drug-likeness (QED) is 0.303. The average molecular weight is 381 g/mol. The summed E-state index contributed by atoms with van der Waals surface area (Å²) in [5.41, 5.74) is 1.14. The lowest BCUT2D eigenvalue weighted by molar-refractivity contribution is -0.159. The first-order chi connectivity index (χ1) is 12.0. The maximum absolute atomic E-state index is 12.7. The number of hydrogen-bond acceptors (Lipinski definition) is 7. The number of esters is 2. The topological polar surface area (TPSA) is 74.6 Å². The van der Waals surface area contributed by atoms with Crippen LogP contribution in [0.3, 0.4) is 0 Å². The van der Waals surface area contributed by atoms with Crippen molar-refractivity contribution in [3.63, 3.8) is 0 Å². The summed E-state index contributed by atoms with van der Waals surface area (Å²) in [6.07, 6.45) is 2.09. The molecule has 134 valence electrons. The van der Waals surface area contributed by atoms with Crippen LogP contribution in [0.5, 0.6) is 0 Å². The minimum absolute atomic E-state index is 0.0887. The van der Waals surface area contributed by atoms with Gasteiger partial charge in [-0.05, 0) is 36.3 Å². The van der Waals surface area contributed by atoms with Crippen molar-refractivity contribution in [2.24, 2.45) is 5.92 Å². The monoisotopic (exact) mass is 381 g/mol. The molecule has 0 N–H and O–H groups in total. The van der Waals surface area contributed by atoms with Gasteiger partial charge in [-0.15, -0.1) is 11.8 Å². The van der Waals surface area contributed by atoms with Crippen LogP contribution in [-0.2, 0) is 25.6 Å². The van der Waals surface area contributed by atoms with Gasteiger partial charge in [0.15, 0.2) is 5.92 Å². The fraction of sp³-hybridized carbons (Fsp3) is 0.353. The van der Waals surface area contributed by atoms with E-state index in [0.29, 0.717) is 17.8 Å². The minimum Gasteiger partial charge on any atom is -0.468 e. The zero-order valence-electron chi connectivity index (χ0n) is 14.2. The van der Waals surface area contributed by atoms with Crippen molar-refractivity contribution >= 4 is 40.8 Å². The van der Waals surface area contributed by atoms with Crippen molar-refractivity contribution in [2.75, 3.05) is 20.5 Å². The number of thiophene rings is 1. The molecule has 0 bridgehead atoms. The molecule has 0 aliphatic carbocycles. The Morgan fingerprint density at radius 2 is 1.84 bits per heavy atom. The second-order valence-electron chi connectivity index (χ2n) is 5.14. The van der Waals surface area contributed by atoms with Crippen LogP contribution in [0, 0.1) is 5.92 Å². The predicted octanol–water partition coefficient (Wildman–Crippen LogP) is 2.85. The molecular weight excluding hydrogens is 362 g/mol. The van der Waals surface area contributed by atoms with Crippen LogP contribution >= 0.6 is 23.1 Å². The maximum atomic E-state index is 12.7. The van der Waals surface area contributed by atoms with E-state index in [9.17, 15) is 14.4 Å². The molecule has 6 nitrogen and oxygen atoms in total. The first kappa shape index (κ1) is 19.3. The third kappa shape index (κ3) is 4.32. The molecule has 25 heavy (non-hydrogen) atoms. The predicted molar refractivity (Wildman–Crippen MR) is 96.1 cm³/mol. The molecular formula is C17H19NO5S2. The smallest absolute Gasteiger partial charge is 0.320 e. The van der Waals surface area contributed by atoms with E-state index in [1.807, 2.05) is 22.3 Å². The van der Waals surface area contributed by atoms with Crippen LogP contribution in [0.4, 0.5) is 0 Å². The molecule has 2 aromatic heterocycles. The first-order valence-electron chi connectivity index (χ1n) is 7.49. The molecule has 0 spiro atoms. The number of hydrogen-bond donors (Lipinski definition) is 0. The number of ether oxygens (including phenoxy) is 2. The lowest BCUT2D eigenvalue weighted by Gasteiger charge is -2.15. The Hall–Kier alpha value is -2.06. The SMILES string of the molecule is COC(=O)C(CCn1c(SC)ccc1C(=O)c1ccsc1)C(=O)OC. The number of carbonyl (C=O) groups excluding carboxylic acids is 3. The molecule has 0 atom stereocenters. The molecule has 0 saturated heterocycles. The van der Waals surface area contributed by atoms with Crippen LogP contribution in [0.25, 0.3) is 0 Å². The Morgan fingerprint density at radius 3 is 2.36 bits per heavy atom. The van der Waals surface area contributed by atoms with Gasteiger partial charge in [-0.25, -0.2) is 0 Å². The van der Waals surface area contributed by atoms with Crippen molar-refractivity contribution in [1.82, 2.24) is 4.57 Å². The largest absolute Gasteiger partial charge is 0.468 e. The van der Waals surface area contributed by atoms with E-state index < -0.39 is 17.9 Å². The highest BCUT2D eigenvalue weighted by molar-refractivity contribution is 7.98. The molecule has 0 amide bonds. The van der Waals surface area contributed by atoms with Crippen molar-refractivity contribution in [1.29, 1.82) is 0 Å². The molecule has 2 heterocycles. The van der Waals surface area contributed by atoms with E-state index in [0.717, 1.165) is 5.03 Å². The van der Waals surface area contributed by atoms with Crippen molar-refractivity contribution in [2.45, 2.75) is 18.0 Å². The summed E-state index contributed by atoms with van der Waals surface area (Å²) in [7, 11) is 2.46. The van der Waals surface area contributed by atoms with Gasteiger partial charge in [0.2, 0.25) is 5.78 Å². The highest BCUT2D eigenvalue weighted by atomic mass is 32.2. The fourth-order valence-electron chi connectivity index (χ4n) is 2.47. The summed E-state index contributed by atoms with van der Waals surface area (Å²) in [6, 6.07) is 5.39. The van der Waals surface area contributed by atoms with E-state index >= 15 is 0 Å². The van der Waals surface area contributed by atoms with Crippen molar-refractivity contribution in [3.8, 4) is 0 Å². The number of ketones is 1. The van der Waals surface area contributed by atoms with Gasteiger partial charge in [0.25, 0.3) is 0 Å². The van der Waals surface area contributed by atoms with Crippen LogP contribution in [0.2, 0.25) is 0 Å². The second kappa shape index (κ2) is 8.87. The molecule has 0 unspecified atom stereocenters. The lowest BCUT2D eigenvalue weighted by atomic mass is 10.1. The highest BCUT2D eigenvalue weighted by Crippen LogP contribution is 2.24. The zero-order valence-corrected chi connectivity index (χ0v) is 15.8. The van der Waals surface area contributed by atoms with E-state index in [4.69, 9.17) is 0 Å². The standard InChI is InChI=1S/C17H19NO5S2/c1-22-16(20)12(17(21)23-2)6-8-18-13(4-5-14(18)24-3)15(19)11-7-9-25-10-11/h4-5,7,9-10,12H,6,8H2,1-3H3. The summed E-state index contributed by atoms with van der Waals surface area (Å²) in [6.45, 7) is 0.323. The number of methoxy groups -OCH3 is 2. The van der Waals surface area contributed by atoms with Crippen LogP contribution < -0.4 is 0 Å². The Morgan fingerprint density at radius 1 is 1.16 bits per heavy atom. The van der Waals surface area contributed by atoms with Crippen molar-refractivity contribution in [3.05, 3.63) is 40.2 Å². The molecule has 0 aliphatic rings. The third-order valence-electron chi connectivity index (χ3n) is 3.78. The van der Waals surface area contributed by atoms with Gasteiger partial charge < -0.3 is 14.0 Å². The van der Waals surface area contributed by atoms with Gasteiger partial charge in [-0.3, -0.25) is 14.4 Å². The van der Waals surface area contributed by atoms with Gasteiger partial charge in [-0.2, -0.15) is 11.3 Å². The second-order valence-corrected chi connectivity index (χ2v) is 6.75. The van der Waals surface area contributed by atoms with Crippen LogP contribution in [0.1, 0.15) is 22.5 Å². The molecule has 0 aliphatic heterocycles. The van der Waals surface area contributed by atoms with E-state index in [-0.39, 0.29) is 12.2 Å². The minimum atomic E-state index is -1.02. The Labute approximate surface area is 154 Å².